The van der Waals surface area contributed by atoms with Crippen LogP contribution in [0.5, 0.6) is 0 Å². The van der Waals surface area contributed by atoms with Crippen molar-refractivity contribution in [3.05, 3.63) is 35.9 Å². The third kappa shape index (κ3) is 4.82. The second-order valence-electron chi connectivity index (χ2n) is 6.98. The van der Waals surface area contributed by atoms with E-state index >= 15 is 0 Å². The number of rotatable bonds is 6. The van der Waals surface area contributed by atoms with Crippen molar-refractivity contribution in [2.45, 2.75) is 49.7 Å². The van der Waals surface area contributed by atoms with E-state index in [9.17, 15) is 13.2 Å². The van der Waals surface area contributed by atoms with Gasteiger partial charge in [-0.25, -0.2) is 12.7 Å². The van der Waals surface area contributed by atoms with Crippen molar-refractivity contribution in [3.63, 3.8) is 0 Å². The van der Waals surface area contributed by atoms with Gasteiger partial charge in [0.05, 0.1) is 11.9 Å². The number of nitrogens with one attached hydrogen (secondary N) is 1. The molecule has 2 saturated heterocycles. The number of benzene rings is 1. The lowest BCUT2D eigenvalue weighted by molar-refractivity contribution is -0.132. The molecular formula is C18H27N3O4S. The van der Waals surface area contributed by atoms with Gasteiger partial charge in [0.1, 0.15) is 6.10 Å². The fourth-order valence-electron chi connectivity index (χ4n) is 3.52. The number of nitrogens with zero attached hydrogens (tertiary/aromatic N) is 1. The molecule has 8 heteroatoms. The van der Waals surface area contributed by atoms with E-state index in [4.69, 9.17) is 10.5 Å². The van der Waals surface area contributed by atoms with Crippen LogP contribution in [0.25, 0.3) is 0 Å². The number of piperidine rings is 1. The molecule has 2 heterocycles. The maximum Gasteiger partial charge on any atom is 0.249 e. The SMILES string of the molecule is NC[C@H]1CC[C@@H](C(=O)NC2CCN(S(=O)(=O)Cc3ccccc3)CC2)O1. The summed E-state index contributed by atoms with van der Waals surface area (Å²) in [6.07, 6.45) is 2.28. The van der Waals surface area contributed by atoms with Crippen LogP contribution in [0.2, 0.25) is 0 Å². The third-order valence-electron chi connectivity index (χ3n) is 5.05. The van der Waals surface area contributed by atoms with Gasteiger partial charge in [0.25, 0.3) is 0 Å². The minimum Gasteiger partial charge on any atom is -0.364 e. The van der Waals surface area contributed by atoms with Crippen LogP contribution in [0.15, 0.2) is 30.3 Å². The molecule has 0 saturated carbocycles. The molecule has 3 rings (SSSR count). The molecule has 0 bridgehead atoms. The number of sulfonamides is 1. The quantitative estimate of drug-likeness (QED) is 0.751. The van der Waals surface area contributed by atoms with Crippen LogP contribution in [-0.4, -0.2) is 56.5 Å². The molecule has 0 spiro atoms. The van der Waals surface area contributed by atoms with Gasteiger partial charge in [-0.1, -0.05) is 30.3 Å². The first kappa shape index (κ1) is 19.3. The topological polar surface area (TPSA) is 102 Å². The average molecular weight is 381 g/mol. The van der Waals surface area contributed by atoms with Gasteiger partial charge in [-0.15, -0.1) is 0 Å². The minimum absolute atomic E-state index is 0.00815. The second-order valence-corrected chi connectivity index (χ2v) is 8.95. The van der Waals surface area contributed by atoms with Crippen molar-refractivity contribution in [3.8, 4) is 0 Å². The zero-order chi connectivity index (χ0) is 18.6. The second kappa shape index (κ2) is 8.47. The molecule has 7 nitrogen and oxygen atoms in total. The lowest BCUT2D eigenvalue weighted by Crippen LogP contribution is -2.49. The Morgan fingerprint density at radius 1 is 1.15 bits per heavy atom. The highest BCUT2D eigenvalue weighted by Crippen LogP contribution is 2.21. The van der Waals surface area contributed by atoms with Crippen molar-refractivity contribution in [1.29, 1.82) is 0 Å². The highest BCUT2D eigenvalue weighted by Gasteiger charge is 2.33. The first-order valence-corrected chi connectivity index (χ1v) is 10.8. The summed E-state index contributed by atoms with van der Waals surface area (Å²) >= 11 is 0. The number of hydrogen-bond donors (Lipinski definition) is 2. The largest absolute Gasteiger partial charge is 0.364 e. The fraction of sp³-hybridized carbons (Fsp3) is 0.611. The van der Waals surface area contributed by atoms with Crippen LogP contribution in [0.1, 0.15) is 31.2 Å². The molecular weight excluding hydrogens is 354 g/mol. The monoisotopic (exact) mass is 381 g/mol. The van der Waals surface area contributed by atoms with Gasteiger partial charge >= 0.3 is 0 Å². The zero-order valence-electron chi connectivity index (χ0n) is 14.8. The van der Waals surface area contributed by atoms with Gasteiger partial charge in [-0.2, -0.15) is 0 Å². The van der Waals surface area contributed by atoms with E-state index in [2.05, 4.69) is 5.32 Å². The Balaban J connectivity index is 1.47. The fourth-order valence-corrected chi connectivity index (χ4v) is 5.08. The van der Waals surface area contributed by atoms with Crippen molar-refractivity contribution in [2.75, 3.05) is 19.6 Å². The Bertz CT molecular complexity index is 702. The Hall–Kier alpha value is -1.48. The molecule has 3 N–H and O–H groups in total. The maximum atomic E-state index is 12.6. The minimum atomic E-state index is -3.33. The summed E-state index contributed by atoms with van der Waals surface area (Å²) in [5.74, 6) is -0.0899. The summed E-state index contributed by atoms with van der Waals surface area (Å²) in [5.41, 5.74) is 6.36. The van der Waals surface area contributed by atoms with Crippen molar-refractivity contribution in [2.24, 2.45) is 5.73 Å². The van der Waals surface area contributed by atoms with Gasteiger partial charge in [0.2, 0.25) is 15.9 Å². The number of nitrogens with two attached hydrogens (primary N) is 1. The smallest absolute Gasteiger partial charge is 0.249 e. The van der Waals surface area contributed by atoms with Crippen LogP contribution in [0, 0.1) is 0 Å². The highest BCUT2D eigenvalue weighted by atomic mass is 32.2. The van der Waals surface area contributed by atoms with E-state index in [0.29, 0.717) is 38.9 Å². The standard InChI is InChI=1S/C18H27N3O4S/c19-12-16-6-7-17(25-16)18(22)20-15-8-10-21(11-9-15)26(23,24)13-14-4-2-1-3-5-14/h1-5,15-17H,6-13,19H2,(H,20,22)/t16-,17+/m1/s1. The molecule has 2 aliphatic heterocycles. The van der Waals surface area contributed by atoms with Gasteiger partial charge in [0.15, 0.2) is 0 Å². The number of amides is 1. The van der Waals surface area contributed by atoms with Crippen molar-refractivity contribution < 1.29 is 17.9 Å². The molecule has 0 unspecified atom stereocenters. The summed E-state index contributed by atoms with van der Waals surface area (Å²) in [4.78, 5) is 12.3. The molecule has 2 fully saturated rings. The Morgan fingerprint density at radius 3 is 2.46 bits per heavy atom. The van der Waals surface area contributed by atoms with E-state index in [-0.39, 0.29) is 23.8 Å². The van der Waals surface area contributed by atoms with E-state index in [1.807, 2.05) is 30.3 Å². The van der Waals surface area contributed by atoms with Gasteiger partial charge in [-0.05, 0) is 31.2 Å². The van der Waals surface area contributed by atoms with E-state index in [1.54, 1.807) is 0 Å². The summed E-state index contributed by atoms with van der Waals surface area (Å²) in [6, 6.07) is 9.18. The van der Waals surface area contributed by atoms with E-state index in [1.165, 1.54) is 4.31 Å². The molecule has 1 aromatic rings. The number of hydrogen-bond acceptors (Lipinski definition) is 5. The molecule has 0 radical (unpaired) electrons. The van der Waals surface area contributed by atoms with E-state index in [0.717, 1.165) is 12.0 Å². The molecule has 2 atom stereocenters. The van der Waals surface area contributed by atoms with Crippen molar-refractivity contribution in [1.82, 2.24) is 9.62 Å². The van der Waals surface area contributed by atoms with Gasteiger partial charge < -0.3 is 15.8 Å². The molecule has 2 aliphatic rings. The lowest BCUT2D eigenvalue weighted by Gasteiger charge is -2.32. The van der Waals surface area contributed by atoms with Gasteiger partial charge in [0, 0.05) is 25.7 Å². The Morgan fingerprint density at radius 2 is 1.85 bits per heavy atom. The molecule has 0 aliphatic carbocycles. The van der Waals surface area contributed by atoms with Crippen molar-refractivity contribution >= 4 is 15.9 Å². The molecule has 1 amide bonds. The molecule has 0 aromatic heterocycles. The molecule has 144 valence electrons. The Kier molecular flexibility index (Phi) is 6.29. The summed E-state index contributed by atoms with van der Waals surface area (Å²) < 4.78 is 32.3. The highest BCUT2D eigenvalue weighted by molar-refractivity contribution is 7.88. The van der Waals surface area contributed by atoms with Crippen LogP contribution in [0.4, 0.5) is 0 Å². The normalized spacial score (nSPS) is 25.3. The molecule has 1 aromatic carbocycles. The van der Waals surface area contributed by atoms with Gasteiger partial charge in [-0.3, -0.25) is 4.79 Å². The van der Waals surface area contributed by atoms with Crippen LogP contribution < -0.4 is 11.1 Å². The predicted octanol–water partition coefficient (Wildman–Crippen LogP) is 0.603. The zero-order valence-corrected chi connectivity index (χ0v) is 15.7. The lowest BCUT2D eigenvalue weighted by atomic mass is 10.1. The predicted molar refractivity (Wildman–Crippen MR) is 98.8 cm³/mol. The van der Waals surface area contributed by atoms with Crippen LogP contribution in [-0.2, 0) is 25.3 Å². The van der Waals surface area contributed by atoms with Crippen LogP contribution >= 0.6 is 0 Å². The summed E-state index contributed by atoms with van der Waals surface area (Å²) in [5, 5.41) is 3.00. The summed E-state index contributed by atoms with van der Waals surface area (Å²) in [7, 11) is -3.33. The first-order chi connectivity index (χ1) is 12.5. The van der Waals surface area contributed by atoms with Crippen LogP contribution in [0.3, 0.4) is 0 Å². The number of carbonyl (C=O) groups is 1. The number of ether oxygens (including phenoxy) is 1. The maximum absolute atomic E-state index is 12.6. The average Bonchev–Trinajstić information content (AvgIpc) is 3.12. The number of carbonyl (C=O) groups excluding carboxylic acids is 1. The molecule has 26 heavy (non-hydrogen) atoms. The summed E-state index contributed by atoms with van der Waals surface area (Å²) in [6.45, 7) is 1.29. The third-order valence-corrected chi connectivity index (χ3v) is 6.90. The van der Waals surface area contributed by atoms with E-state index < -0.39 is 16.1 Å². The Labute approximate surface area is 154 Å². The first-order valence-electron chi connectivity index (χ1n) is 9.15.